The van der Waals surface area contributed by atoms with Gasteiger partial charge in [0.15, 0.2) is 0 Å². The summed E-state index contributed by atoms with van der Waals surface area (Å²) < 4.78 is 7.51. The highest BCUT2D eigenvalue weighted by Gasteiger charge is 2.04. The second kappa shape index (κ2) is 9.71. The van der Waals surface area contributed by atoms with Crippen molar-refractivity contribution in [3.63, 3.8) is 0 Å². The molecule has 1 aromatic heterocycles. The summed E-state index contributed by atoms with van der Waals surface area (Å²) in [6.45, 7) is 0.553. The maximum Gasteiger partial charge on any atom is 0.212 e. The van der Waals surface area contributed by atoms with Crippen molar-refractivity contribution in [2.45, 2.75) is 17.5 Å². The topological polar surface area (TPSA) is 52.3 Å². The Labute approximate surface area is 174 Å². The van der Waals surface area contributed by atoms with Gasteiger partial charge in [-0.25, -0.2) is 0 Å². The molecule has 0 N–H and O–H groups in total. The van der Waals surface area contributed by atoms with Crippen LogP contribution in [-0.4, -0.2) is 21.1 Å². The molecule has 0 radical (unpaired) electrons. The van der Waals surface area contributed by atoms with E-state index in [-0.39, 0.29) is 0 Å². The van der Waals surface area contributed by atoms with Crippen LogP contribution in [0.3, 0.4) is 0 Å². The van der Waals surface area contributed by atoms with Gasteiger partial charge < -0.3 is 4.74 Å². The molecule has 29 heavy (non-hydrogen) atoms. The number of hydrogen-bond donors (Lipinski definition) is 0. The highest BCUT2D eigenvalue weighted by molar-refractivity contribution is 7.98. The lowest BCUT2D eigenvalue weighted by Crippen LogP contribution is -1.95. The molecule has 1 heterocycles. The molecule has 0 aliphatic heterocycles. The Hall–Kier alpha value is -3.38. The Morgan fingerprint density at radius 1 is 0.862 bits per heavy atom. The minimum Gasteiger partial charge on any atom is -0.489 e. The molecule has 0 bridgehead atoms. The molecule has 4 rings (SSSR count). The first-order valence-corrected chi connectivity index (χ1v) is 10.2. The van der Waals surface area contributed by atoms with Crippen molar-refractivity contribution in [3.8, 4) is 5.75 Å². The van der Waals surface area contributed by atoms with E-state index in [1.807, 2.05) is 72.8 Å². The van der Waals surface area contributed by atoms with Crippen LogP contribution in [0.1, 0.15) is 16.7 Å². The van der Waals surface area contributed by atoms with Gasteiger partial charge in [0.05, 0.1) is 6.21 Å². The van der Waals surface area contributed by atoms with Gasteiger partial charge in [-0.3, -0.25) is 0 Å². The van der Waals surface area contributed by atoms with Gasteiger partial charge in [-0.1, -0.05) is 72.4 Å². The van der Waals surface area contributed by atoms with Crippen LogP contribution in [0.25, 0.3) is 0 Å². The van der Waals surface area contributed by atoms with Gasteiger partial charge in [0.1, 0.15) is 18.7 Å². The van der Waals surface area contributed by atoms with Crippen molar-refractivity contribution in [3.05, 3.63) is 108 Å². The predicted octanol–water partition coefficient (Wildman–Crippen LogP) is 5.03. The molecule has 0 atom stereocenters. The fourth-order valence-electron chi connectivity index (χ4n) is 2.64. The fourth-order valence-corrected chi connectivity index (χ4v) is 3.46. The number of rotatable bonds is 8. The Morgan fingerprint density at radius 2 is 1.55 bits per heavy atom. The van der Waals surface area contributed by atoms with Crippen LogP contribution in [-0.2, 0) is 12.4 Å². The van der Waals surface area contributed by atoms with Gasteiger partial charge in [0, 0.05) is 5.75 Å². The normalized spacial score (nSPS) is 11.0. The number of hydrogen-bond acceptors (Lipinski definition) is 5. The fraction of sp³-hybridized carbons (Fsp3) is 0.0870. The lowest BCUT2D eigenvalue weighted by Gasteiger charge is -2.06. The summed E-state index contributed by atoms with van der Waals surface area (Å²) in [5, 5.41) is 13.4. The Balaban J connectivity index is 1.34. The molecule has 144 valence electrons. The molecular formula is C23H20N4OS. The summed E-state index contributed by atoms with van der Waals surface area (Å²) in [5.41, 5.74) is 3.36. The van der Waals surface area contributed by atoms with Crippen LogP contribution in [0.15, 0.2) is 102 Å². The Kier molecular flexibility index (Phi) is 6.34. The highest BCUT2D eigenvalue weighted by Crippen LogP contribution is 2.20. The standard InChI is InChI=1S/C23H20N4OS/c1-3-7-20(8-4-1)16-28-22-13-11-19(12-14-22)15-25-27-18-24-26-23(27)29-17-21-9-5-2-6-10-21/h1-15,18H,16-17H2/b25-15+. The number of ether oxygens (including phenoxy) is 1. The van der Waals surface area contributed by atoms with E-state index in [0.29, 0.717) is 6.61 Å². The zero-order chi connectivity index (χ0) is 19.7. The largest absolute Gasteiger partial charge is 0.489 e. The molecular weight excluding hydrogens is 380 g/mol. The van der Waals surface area contributed by atoms with Gasteiger partial charge in [0.2, 0.25) is 5.16 Å². The van der Waals surface area contributed by atoms with E-state index in [4.69, 9.17) is 4.74 Å². The summed E-state index contributed by atoms with van der Waals surface area (Å²) in [7, 11) is 0. The lowest BCUT2D eigenvalue weighted by molar-refractivity contribution is 0.306. The minimum atomic E-state index is 0.553. The van der Waals surface area contributed by atoms with E-state index in [0.717, 1.165) is 27.8 Å². The van der Waals surface area contributed by atoms with Crippen molar-refractivity contribution < 1.29 is 4.74 Å². The first-order valence-electron chi connectivity index (χ1n) is 9.25. The maximum atomic E-state index is 5.82. The molecule has 5 nitrogen and oxygen atoms in total. The van der Waals surface area contributed by atoms with E-state index in [1.165, 1.54) is 5.56 Å². The smallest absolute Gasteiger partial charge is 0.212 e. The molecule has 0 fully saturated rings. The third-order valence-electron chi connectivity index (χ3n) is 4.17. The van der Waals surface area contributed by atoms with E-state index < -0.39 is 0 Å². The van der Waals surface area contributed by atoms with Crippen molar-refractivity contribution in [2.75, 3.05) is 0 Å². The van der Waals surface area contributed by atoms with Gasteiger partial charge in [0.25, 0.3) is 0 Å². The van der Waals surface area contributed by atoms with Crippen LogP contribution in [0.5, 0.6) is 5.75 Å². The molecule has 6 heteroatoms. The van der Waals surface area contributed by atoms with Gasteiger partial charge in [-0.05, 0) is 41.0 Å². The van der Waals surface area contributed by atoms with E-state index in [2.05, 4.69) is 27.4 Å². The van der Waals surface area contributed by atoms with Gasteiger partial charge in [-0.15, -0.1) is 10.2 Å². The van der Waals surface area contributed by atoms with E-state index in [1.54, 1.807) is 29.0 Å². The summed E-state index contributed by atoms with van der Waals surface area (Å²) in [5.74, 6) is 1.65. The number of nitrogens with zero attached hydrogens (tertiary/aromatic N) is 4. The monoisotopic (exact) mass is 400 g/mol. The number of thioether (sulfide) groups is 1. The SMILES string of the molecule is C(=N\n1cnnc1SCc1ccccc1)/c1ccc(OCc2ccccc2)cc1. The van der Waals surface area contributed by atoms with Gasteiger partial charge in [-0.2, -0.15) is 9.78 Å². The van der Waals surface area contributed by atoms with Crippen LogP contribution in [0.4, 0.5) is 0 Å². The second-order valence-corrected chi connectivity index (χ2v) is 7.26. The average molecular weight is 401 g/mol. The maximum absolute atomic E-state index is 5.82. The number of benzene rings is 3. The van der Waals surface area contributed by atoms with E-state index in [9.17, 15) is 0 Å². The summed E-state index contributed by atoms with van der Waals surface area (Å²) in [6.07, 6.45) is 3.40. The molecule has 0 spiro atoms. The molecule has 0 aliphatic rings. The number of aromatic nitrogens is 3. The molecule has 0 saturated heterocycles. The summed E-state index contributed by atoms with van der Waals surface area (Å²) >= 11 is 1.60. The van der Waals surface area contributed by atoms with Crippen LogP contribution in [0.2, 0.25) is 0 Å². The first kappa shape index (κ1) is 19.0. The predicted molar refractivity (Wildman–Crippen MR) is 116 cm³/mol. The minimum absolute atomic E-state index is 0.553. The lowest BCUT2D eigenvalue weighted by atomic mass is 10.2. The average Bonchev–Trinajstić information content (AvgIpc) is 3.24. The first-order chi connectivity index (χ1) is 14.4. The van der Waals surface area contributed by atoms with Crippen molar-refractivity contribution in [1.82, 2.24) is 14.9 Å². The van der Waals surface area contributed by atoms with Crippen molar-refractivity contribution in [1.29, 1.82) is 0 Å². The van der Waals surface area contributed by atoms with Crippen molar-refractivity contribution in [2.24, 2.45) is 5.10 Å². The third-order valence-corrected chi connectivity index (χ3v) is 5.18. The quantitative estimate of drug-likeness (QED) is 0.307. The van der Waals surface area contributed by atoms with Crippen LogP contribution >= 0.6 is 11.8 Å². The Morgan fingerprint density at radius 3 is 2.28 bits per heavy atom. The Bertz CT molecular complexity index is 1050. The van der Waals surface area contributed by atoms with Crippen LogP contribution in [0, 0.1) is 0 Å². The van der Waals surface area contributed by atoms with Crippen LogP contribution < -0.4 is 4.74 Å². The second-order valence-electron chi connectivity index (χ2n) is 6.32. The van der Waals surface area contributed by atoms with E-state index >= 15 is 0 Å². The molecule has 0 aliphatic carbocycles. The molecule has 3 aromatic carbocycles. The molecule has 0 saturated carbocycles. The summed E-state index contributed by atoms with van der Waals surface area (Å²) in [4.78, 5) is 0. The molecule has 4 aromatic rings. The zero-order valence-electron chi connectivity index (χ0n) is 15.8. The van der Waals surface area contributed by atoms with Crippen molar-refractivity contribution >= 4 is 18.0 Å². The zero-order valence-corrected chi connectivity index (χ0v) is 16.6. The van der Waals surface area contributed by atoms with Gasteiger partial charge >= 0.3 is 0 Å². The molecule has 0 amide bonds. The highest BCUT2D eigenvalue weighted by atomic mass is 32.2. The molecule has 0 unspecified atom stereocenters. The third kappa shape index (κ3) is 5.56. The summed E-state index contributed by atoms with van der Waals surface area (Å²) in [6, 6.07) is 28.2.